The number of carbonyl (C=O) groups excluding carboxylic acids is 2. The third-order valence-corrected chi connectivity index (χ3v) is 4.09. The topological polar surface area (TPSA) is 185 Å². The maximum atomic E-state index is 12.4. The van der Waals surface area contributed by atoms with Gasteiger partial charge >= 0.3 is 11.9 Å². The molecular formula is C16H30N4O6. The Kier molecular flexibility index (Phi) is 11.2. The Balaban J connectivity index is 5.01. The number of hydrogen-bond acceptors (Lipinski definition) is 6. The number of unbranched alkanes of at least 4 members (excludes halogenated alkanes) is 1. The molecular weight excluding hydrogens is 344 g/mol. The summed E-state index contributed by atoms with van der Waals surface area (Å²) in [5, 5.41) is 22.5. The Labute approximate surface area is 152 Å². The van der Waals surface area contributed by atoms with Crippen LogP contribution in [-0.2, 0) is 19.2 Å². The fourth-order valence-electron chi connectivity index (χ4n) is 2.24. The van der Waals surface area contributed by atoms with E-state index in [1.165, 1.54) is 0 Å². The van der Waals surface area contributed by atoms with Crippen LogP contribution in [0.15, 0.2) is 0 Å². The van der Waals surface area contributed by atoms with Crippen molar-refractivity contribution in [2.24, 2.45) is 17.4 Å². The van der Waals surface area contributed by atoms with Crippen LogP contribution in [-0.4, -0.2) is 58.6 Å². The third-order valence-electron chi connectivity index (χ3n) is 4.09. The molecule has 0 heterocycles. The van der Waals surface area contributed by atoms with Crippen molar-refractivity contribution in [3.05, 3.63) is 0 Å². The summed E-state index contributed by atoms with van der Waals surface area (Å²) in [6.45, 7) is 4.02. The van der Waals surface area contributed by atoms with Crippen LogP contribution in [0.4, 0.5) is 0 Å². The van der Waals surface area contributed by atoms with Crippen molar-refractivity contribution in [2.75, 3.05) is 6.54 Å². The molecule has 0 aliphatic rings. The van der Waals surface area contributed by atoms with Crippen LogP contribution in [0, 0.1) is 5.92 Å². The minimum absolute atomic E-state index is 0.297. The summed E-state index contributed by atoms with van der Waals surface area (Å²) >= 11 is 0. The molecule has 26 heavy (non-hydrogen) atoms. The average molecular weight is 374 g/mol. The minimum atomic E-state index is -1.58. The second kappa shape index (κ2) is 12.2. The van der Waals surface area contributed by atoms with Gasteiger partial charge in [0.1, 0.15) is 12.1 Å². The number of hydrogen-bond donors (Lipinski definition) is 6. The number of aliphatic carboxylic acids is 2. The molecule has 0 rings (SSSR count). The summed E-state index contributed by atoms with van der Waals surface area (Å²) in [6, 6.07) is -3.40. The minimum Gasteiger partial charge on any atom is -0.481 e. The van der Waals surface area contributed by atoms with Gasteiger partial charge in [0, 0.05) is 0 Å². The van der Waals surface area contributed by atoms with E-state index in [-0.39, 0.29) is 5.92 Å². The molecule has 8 N–H and O–H groups in total. The lowest BCUT2D eigenvalue weighted by Crippen LogP contribution is -2.56. The Morgan fingerprint density at radius 3 is 2.12 bits per heavy atom. The van der Waals surface area contributed by atoms with E-state index in [9.17, 15) is 19.2 Å². The first-order valence-electron chi connectivity index (χ1n) is 8.64. The normalized spacial score (nSPS) is 15.4. The van der Waals surface area contributed by atoms with Crippen LogP contribution in [0.25, 0.3) is 0 Å². The number of carboxylic acid groups (broad SMARTS) is 2. The van der Waals surface area contributed by atoms with Gasteiger partial charge in [-0.2, -0.15) is 0 Å². The number of carboxylic acids is 2. The van der Waals surface area contributed by atoms with Gasteiger partial charge in [0.25, 0.3) is 0 Å². The lowest BCUT2D eigenvalue weighted by atomic mass is 9.97. The fourth-order valence-corrected chi connectivity index (χ4v) is 2.24. The summed E-state index contributed by atoms with van der Waals surface area (Å²) in [5.74, 6) is -4.39. The molecule has 0 aromatic rings. The van der Waals surface area contributed by atoms with Gasteiger partial charge in [0.15, 0.2) is 0 Å². The SMILES string of the molecule is CC[C@H](C)[C@H](NC(=O)[C@@H](N)CCCCN)C(=O)N[C@@H](CC(=O)O)C(=O)O. The molecule has 0 unspecified atom stereocenters. The molecule has 0 bridgehead atoms. The van der Waals surface area contributed by atoms with Crippen molar-refractivity contribution in [3.8, 4) is 0 Å². The smallest absolute Gasteiger partial charge is 0.326 e. The second-order valence-electron chi connectivity index (χ2n) is 6.26. The molecule has 150 valence electrons. The summed E-state index contributed by atoms with van der Waals surface area (Å²) < 4.78 is 0. The molecule has 0 fully saturated rings. The molecule has 0 radical (unpaired) electrons. The molecule has 0 aliphatic carbocycles. The predicted molar refractivity (Wildman–Crippen MR) is 94.1 cm³/mol. The molecule has 0 saturated heterocycles. The molecule has 0 aromatic heterocycles. The van der Waals surface area contributed by atoms with Crippen molar-refractivity contribution in [1.29, 1.82) is 0 Å². The van der Waals surface area contributed by atoms with E-state index < -0.39 is 48.3 Å². The standard InChI is InChI=1S/C16H30N4O6/c1-3-9(2)13(20-14(23)10(18)6-4-5-7-17)15(24)19-11(16(25)26)8-12(21)22/h9-11,13H,3-8,17-18H2,1-2H3,(H,19,24)(H,20,23)(H,21,22)(H,25,26)/t9-,10-,11-,13-/m0/s1. The highest BCUT2D eigenvalue weighted by Gasteiger charge is 2.31. The molecule has 2 amide bonds. The molecule has 0 saturated carbocycles. The first-order chi connectivity index (χ1) is 12.1. The van der Waals surface area contributed by atoms with Crippen LogP contribution >= 0.6 is 0 Å². The van der Waals surface area contributed by atoms with Crippen molar-refractivity contribution in [2.45, 2.75) is 64.1 Å². The van der Waals surface area contributed by atoms with Gasteiger partial charge in [0.2, 0.25) is 11.8 Å². The summed E-state index contributed by atoms with van der Waals surface area (Å²) in [5.41, 5.74) is 11.2. The van der Waals surface area contributed by atoms with E-state index >= 15 is 0 Å². The monoisotopic (exact) mass is 374 g/mol. The third kappa shape index (κ3) is 8.77. The van der Waals surface area contributed by atoms with Crippen molar-refractivity contribution in [3.63, 3.8) is 0 Å². The van der Waals surface area contributed by atoms with Gasteiger partial charge in [-0.15, -0.1) is 0 Å². The Morgan fingerprint density at radius 2 is 1.65 bits per heavy atom. The van der Waals surface area contributed by atoms with Crippen molar-refractivity contribution in [1.82, 2.24) is 10.6 Å². The van der Waals surface area contributed by atoms with E-state index in [4.69, 9.17) is 21.7 Å². The van der Waals surface area contributed by atoms with Gasteiger partial charge in [0.05, 0.1) is 12.5 Å². The first-order valence-corrected chi connectivity index (χ1v) is 8.64. The van der Waals surface area contributed by atoms with E-state index in [0.717, 1.165) is 6.42 Å². The fraction of sp³-hybridized carbons (Fsp3) is 0.750. The van der Waals surface area contributed by atoms with E-state index in [1.807, 2.05) is 6.92 Å². The highest BCUT2D eigenvalue weighted by Crippen LogP contribution is 2.10. The zero-order valence-electron chi connectivity index (χ0n) is 15.2. The van der Waals surface area contributed by atoms with Crippen molar-refractivity contribution < 1.29 is 29.4 Å². The Morgan fingerprint density at radius 1 is 1.04 bits per heavy atom. The number of nitrogens with one attached hydrogen (secondary N) is 2. The maximum absolute atomic E-state index is 12.4. The maximum Gasteiger partial charge on any atom is 0.326 e. The van der Waals surface area contributed by atoms with Gasteiger partial charge in [-0.25, -0.2) is 4.79 Å². The molecule has 4 atom stereocenters. The quantitative estimate of drug-likeness (QED) is 0.222. The van der Waals surface area contributed by atoms with Crippen LogP contribution in [0.1, 0.15) is 46.0 Å². The lowest BCUT2D eigenvalue weighted by Gasteiger charge is -2.26. The van der Waals surface area contributed by atoms with E-state index in [2.05, 4.69) is 10.6 Å². The van der Waals surface area contributed by atoms with Crippen molar-refractivity contribution >= 4 is 23.8 Å². The summed E-state index contributed by atoms with van der Waals surface area (Å²) in [4.78, 5) is 46.5. The average Bonchev–Trinajstić information content (AvgIpc) is 2.57. The highest BCUT2D eigenvalue weighted by molar-refractivity contribution is 5.92. The van der Waals surface area contributed by atoms with E-state index in [1.54, 1.807) is 6.92 Å². The number of amides is 2. The predicted octanol–water partition coefficient (Wildman–Crippen LogP) is -0.982. The van der Waals surface area contributed by atoms with Crippen LogP contribution in [0.2, 0.25) is 0 Å². The van der Waals surface area contributed by atoms with E-state index in [0.29, 0.717) is 25.8 Å². The van der Waals surface area contributed by atoms with Gasteiger partial charge in [-0.05, 0) is 25.3 Å². The first kappa shape index (κ1) is 23.8. The molecule has 0 aliphatic heterocycles. The summed E-state index contributed by atoms with van der Waals surface area (Å²) in [7, 11) is 0. The van der Waals surface area contributed by atoms with Gasteiger partial charge < -0.3 is 32.3 Å². The number of carbonyl (C=O) groups is 4. The molecule has 10 heteroatoms. The number of rotatable bonds is 13. The van der Waals surface area contributed by atoms with Gasteiger partial charge in [-0.1, -0.05) is 26.7 Å². The highest BCUT2D eigenvalue weighted by atomic mass is 16.4. The Bertz CT molecular complexity index is 499. The summed E-state index contributed by atoms with van der Waals surface area (Å²) in [6.07, 6.45) is 1.59. The van der Waals surface area contributed by atoms with Crippen LogP contribution in [0.5, 0.6) is 0 Å². The zero-order chi connectivity index (χ0) is 20.3. The largest absolute Gasteiger partial charge is 0.481 e. The zero-order valence-corrected chi connectivity index (χ0v) is 15.2. The van der Waals surface area contributed by atoms with Crippen LogP contribution < -0.4 is 22.1 Å². The molecule has 0 spiro atoms. The van der Waals surface area contributed by atoms with Crippen LogP contribution in [0.3, 0.4) is 0 Å². The molecule has 0 aromatic carbocycles. The second-order valence-corrected chi connectivity index (χ2v) is 6.26. The lowest BCUT2D eigenvalue weighted by molar-refractivity contribution is -0.147. The molecule has 10 nitrogen and oxygen atoms in total. The number of nitrogens with two attached hydrogens (primary N) is 2. The Hall–Kier alpha value is -2.20. The van der Waals surface area contributed by atoms with Gasteiger partial charge in [-0.3, -0.25) is 14.4 Å².